The van der Waals surface area contributed by atoms with Gasteiger partial charge in [-0.25, -0.2) is 0 Å². The predicted octanol–water partition coefficient (Wildman–Crippen LogP) is 0.895. The van der Waals surface area contributed by atoms with Crippen LogP contribution in [0.2, 0.25) is 0 Å². The van der Waals surface area contributed by atoms with E-state index in [0.29, 0.717) is 13.2 Å². The maximum absolute atomic E-state index is 12.5. The summed E-state index contributed by atoms with van der Waals surface area (Å²) in [6.07, 6.45) is 0. The minimum atomic E-state index is -0.997. The largest absolute Gasteiger partial charge is 0.383 e. The predicted molar refractivity (Wildman–Crippen MR) is 75.0 cm³/mol. The second-order valence-corrected chi connectivity index (χ2v) is 5.12. The van der Waals surface area contributed by atoms with Gasteiger partial charge in [0.25, 0.3) is 5.91 Å². The minimum Gasteiger partial charge on any atom is -0.383 e. The molecule has 0 bridgehead atoms. The van der Waals surface area contributed by atoms with E-state index in [1.807, 2.05) is 30.3 Å². The summed E-state index contributed by atoms with van der Waals surface area (Å²) >= 11 is 0. The van der Waals surface area contributed by atoms with Crippen molar-refractivity contribution in [1.82, 2.24) is 10.2 Å². The van der Waals surface area contributed by atoms with Crippen molar-refractivity contribution < 1.29 is 14.3 Å². The molecular weight excluding hydrogens is 256 g/mol. The van der Waals surface area contributed by atoms with Gasteiger partial charge in [0.1, 0.15) is 11.6 Å². The first-order valence-electron chi connectivity index (χ1n) is 6.68. The molecule has 5 nitrogen and oxygen atoms in total. The molecule has 2 amide bonds. The lowest BCUT2D eigenvalue weighted by molar-refractivity contribution is -0.157. The lowest BCUT2D eigenvalue weighted by Crippen LogP contribution is -2.67. The zero-order valence-electron chi connectivity index (χ0n) is 12.1. The molecule has 2 atom stereocenters. The first kappa shape index (κ1) is 14.5. The third-order valence-electron chi connectivity index (χ3n) is 3.82. The number of amides is 2. The van der Waals surface area contributed by atoms with Gasteiger partial charge in [-0.2, -0.15) is 0 Å². The van der Waals surface area contributed by atoms with Gasteiger partial charge in [0.2, 0.25) is 5.91 Å². The summed E-state index contributed by atoms with van der Waals surface area (Å²) < 4.78 is 5.07. The Hall–Kier alpha value is -1.88. The molecule has 0 saturated carbocycles. The Morgan fingerprint density at radius 1 is 1.30 bits per heavy atom. The quantitative estimate of drug-likeness (QED) is 0.888. The van der Waals surface area contributed by atoms with Gasteiger partial charge in [-0.3, -0.25) is 9.59 Å². The molecule has 0 aliphatic carbocycles. The molecule has 1 fully saturated rings. The summed E-state index contributed by atoms with van der Waals surface area (Å²) in [5.74, 6) is -0.250. The number of benzene rings is 1. The fourth-order valence-corrected chi connectivity index (χ4v) is 2.54. The van der Waals surface area contributed by atoms with Gasteiger partial charge in [-0.15, -0.1) is 0 Å². The zero-order chi connectivity index (χ0) is 14.8. The zero-order valence-corrected chi connectivity index (χ0v) is 12.1. The van der Waals surface area contributed by atoms with Gasteiger partial charge in [0.05, 0.1) is 6.61 Å². The molecule has 2 rings (SSSR count). The standard InChI is InChI=1S/C15H20N2O3/c1-11-13(18)17(9-10-20-3)15(2,14(19)16-11)12-7-5-4-6-8-12/h4-8,11H,9-10H2,1-3H3,(H,16,19). The highest BCUT2D eigenvalue weighted by molar-refractivity contribution is 6.00. The van der Waals surface area contributed by atoms with E-state index in [0.717, 1.165) is 5.56 Å². The van der Waals surface area contributed by atoms with E-state index in [2.05, 4.69) is 5.32 Å². The maximum Gasteiger partial charge on any atom is 0.250 e. The molecule has 2 unspecified atom stereocenters. The van der Waals surface area contributed by atoms with Gasteiger partial charge in [0.15, 0.2) is 0 Å². The number of hydrogen-bond acceptors (Lipinski definition) is 3. The van der Waals surface area contributed by atoms with Crippen LogP contribution in [0.3, 0.4) is 0 Å². The molecule has 1 aliphatic heterocycles. The van der Waals surface area contributed by atoms with Crippen molar-refractivity contribution >= 4 is 11.8 Å². The first-order chi connectivity index (χ1) is 9.51. The van der Waals surface area contributed by atoms with Crippen molar-refractivity contribution in [2.75, 3.05) is 20.3 Å². The number of rotatable bonds is 4. The van der Waals surface area contributed by atoms with E-state index in [9.17, 15) is 9.59 Å². The summed E-state index contributed by atoms with van der Waals surface area (Å²) in [6.45, 7) is 4.26. The Kier molecular flexibility index (Phi) is 4.09. The summed E-state index contributed by atoms with van der Waals surface area (Å²) in [5, 5.41) is 2.75. The Morgan fingerprint density at radius 2 is 1.95 bits per heavy atom. The molecule has 1 N–H and O–H groups in total. The van der Waals surface area contributed by atoms with Crippen LogP contribution in [-0.2, 0) is 19.9 Å². The summed E-state index contributed by atoms with van der Waals surface area (Å²) in [4.78, 5) is 26.5. The van der Waals surface area contributed by atoms with Crippen molar-refractivity contribution in [3.63, 3.8) is 0 Å². The van der Waals surface area contributed by atoms with Crippen LogP contribution in [0, 0.1) is 0 Å². The van der Waals surface area contributed by atoms with Crippen LogP contribution in [0.15, 0.2) is 30.3 Å². The Bertz CT molecular complexity index is 503. The minimum absolute atomic E-state index is 0.0898. The topological polar surface area (TPSA) is 58.6 Å². The smallest absolute Gasteiger partial charge is 0.250 e. The van der Waals surface area contributed by atoms with Gasteiger partial charge in [0, 0.05) is 13.7 Å². The van der Waals surface area contributed by atoms with Crippen LogP contribution < -0.4 is 5.32 Å². The molecular formula is C15H20N2O3. The highest BCUT2D eigenvalue weighted by atomic mass is 16.5. The number of ether oxygens (including phenoxy) is 1. The van der Waals surface area contributed by atoms with Crippen molar-refractivity contribution in [1.29, 1.82) is 0 Å². The van der Waals surface area contributed by atoms with Crippen LogP contribution in [0.4, 0.5) is 0 Å². The van der Waals surface area contributed by atoms with E-state index < -0.39 is 11.6 Å². The van der Waals surface area contributed by atoms with Crippen molar-refractivity contribution in [2.24, 2.45) is 0 Å². The van der Waals surface area contributed by atoms with Crippen molar-refractivity contribution in [3.05, 3.63) is 35.9 Å². The van der Waals surface area contributed by atoms with Gasteiger partial charge < -0.3 is 15.0 Å². The monoisotopic (exact) mass is 276 g/mol. The highest BCUT2D eigenvalue weighted by Gasteiger charge is 2.49. The molecule has 1 aromatic rings. The number of nitrogens with one attached hydrogen (secondary N) is 1. The molecule has 1 aromatic carbocycles. The number of piperazine rings is 1. The Labute approximate surface area is 118 Å². The molecule has 0 spiro atoms. The summed E-state index contributed by atoms with van der Waals surface area (Å²) in [7, 11) is 1.58. The number of carbonyl (C=O) groups excluding carboxylic acids is 2. The van der Waals surface area contributed by atoms with E-state index in [-0.39, 0.29) is 11.8 Å². The molecule has 1 aliphatic rings. The SMILES string of the molecule is COCCN1C(=O)C(C)NC(=O)C1(C)c1ccccc1. The van der Waals surface area contributed by atoms with Crippen molar-refractivity contribution in [2.45, 2.75) is 25.4 Å². The van der Waals surface area contributed by atoms with Gasteiger partial charge in [-0.05, 0) is 19.4 Å². The lowest BCUT2D eigenvalue weighted by atomic mass is 9.86. The van der Waals surface area contributed by atoms with Crippen LogP contribution in [0.25, 0.3) is 0 Å². The van der Waals surface area contributed by atoms with E-state index in [4.69, 9.17) is 4.74 Å². The second-order valence-electron chi connectivity index (χ2n) is 5.12. The first-order valence-corrected chi connectivity index (χ1v) is 6.68. The number of carbonyl (C=O) groups is 2. The third kappa shape index (κ3) is 2.29. The highest BCUT2D eigenvalue weighted by Crippen LogP contribution is 2.32. The van der Waals surface area contributed by atoms with E-state index in [1.165, 1.54) is 0 Å². The van der Waals surface area contributed by atoms with E-state index in [1.54, 1.807) is 25.9 Å². The molecule has 0 aromatic heterocycles. The molecule has 0 radical (unpaired) electrons. The number of methoxy groups -OCH3 is 1. The average molecular weight is 276 g/mol. The third-order valence-corrected chi connectivity index (χ3v) is 3.82. The van der Waals surface area contributed by atoms with Crippen LogP contribution in [0.5, 0.6) is 0 Å². The second kappa shape index (κ2) is 5.63. The fraction of sp³-hybridized carbons (Fsp3) is 0.467. The number of nitrogens with zero attached hydrogens (tertiary/aromatic N) is 1. The summed E-state index contributed by atoms with van der Waals surface area (Å²) in [5.41, 5.74) is -0.197. The molecule has 5 heteroatoms. The maximum atomic E-state index is 12.5. The fourth-order valence-electron chi connectivity index (χ4n) is 2.54. The lowest BCUT2D eigenvalue weighted by Gasteiger charge is -2.45. The molecule has 1 heterocycles. The van der Waals surface area contributed by atoms with Crippen LogP contribution in [0.1, 0.15) is 19.4 Å². The van der Waals surface area contributed by atoms with Crippen molar-refractivity contribution in [3.8, 4) is 0 Å². The molecule has 20 heavy (non-hydrogen) atoms. The average Bonchev–Trinajstić information content (AvgIpc) is 2.46. The van der Waals surface area contributed by atoms with Gasteiger partial charge >= 0.3 is 0 Å². The molecule has 1 saturated heterocycles. The van der Waals surface area contributed by atoms with E-state index >= 15 is 0 Å². The summed E-state index contributed by atoms with van der Waals surface area (Å²) in [6, 6.07) is 8.84. The number of hydrogen-bond donors (Lipinski definition) is 1. The van der Waals surface area contributed by atoms with Gasteiger partial charge in [-0.1, -0.05) is 30.3 Å². The molecule has 108 valence electrons. The van der Waals surface area contributed by atoms with Crippen LogP contribution in [-0.4, -0.2) is 43.0 Å². The normalized spacial score (nSPS) is 26.6. The Morgan fingerprint density at radius 3 is 2.55 bits per heavy atom. The Balaban J connectivity index is 2.44. The van der Waals surface area contributed by atoms with Crippen LogP contribution >= 0.6 is 0 Å².